The van der Waals surface area contributed by atoms with Crippen LogP contribution in [0.25, 0.3) is 0 Å². The van der Waals surface area contributed by atoms with Gasteiger partial charge in [0.1, 0.15) is 17.6 Å². The van der Waals surface area contributed by atoms with Gasteiger partial charge in [-0.25, -0.2) is 9.78 Å². The summed E-state index contributed by atoms with van der Waals surface area (Å²) in [5.41, 5.74) is 1.96. The van der Waals surface area contributed by atoms with Crippen LogP contribution in [0.2, 0.25) is 0 Å². The van der Waals surface area contributed by atoms with Gasteiger partial charge in [0.05, 0.1) is 12.3 Å². The van der Waals surface area contributed by atoms with E-state index in [1.807, 2.05) is 30.3 Å². The van der Waals surface area contributed by atoms with E-state index in [4.69, 9.17) is 4.74 Å². The summed E-state index contributed by atoms with van der Waals surface area (Å²) in [7, 11) is 0. The van der Waals surface area contributed by atoms with Crippen LogP contribution >= 0.6 is 0 Å². The minimum Gasteiger partial charge on any atom is -0.477 e. The number of benzene rings is 1. The zero-order valence-electron chi connectivity index (χ0n) is 12.0. The molecule has 5 heteroatoms. The first kappa shape index (κ1) is 13.8. The number of ether oxygens (including phenoxy) is 1. The first-order valence-electron chi connectivity index (χ1n) is 7.12. The van der Waals surface area contributed by atoms with Crippen LogP contribution in [0.15, 0.2) is 30.3 Å². The lowest BCUT2D eigenvalue weighted by Gasteiger charge is -2.24. The Morgan fingerprint density at radius 3 is 2.90 bits per heavy atom. The fourth-order valence-electron chi connectivity index (χ4n) is 2.83. The van der Waals surface area contributed by atoms with Gasteiger partial charge in [0, 0.05) is 6.54 Å². The van der Waals surface area contributed by atoms with Crippen molar-refractivity contribution in [1.82, 2.24) is 9.55 Å². The first-order valence-corrected chi connectivity index (χ1v) is 7.12. The number of aromatic nitrogens is 2. The van der Waals surface area contributed by atoms with Crippen LogP contribution in [0.3, 0.4) is 0 Å². The predicted molar refractivity (Wildman–Crippen MR) is 77.1 cm³/mol. The fraction of sp³-hybridized carbons (Fsp3) is 0.375. The molecule has 0 amide bonds. The minimum atomic E-state index is -0.921. The number of nitrogens with zero attached hydrogens (tertiary/aromatic N) is 2. The molecule has 1 unspecified atom stereocenters. The molecule has 0 spiro atoms. The second-order valence-electron chi connectivity index (χ2n) is 5.29. The summed E-state index contributed by atoms with van der Waals surface area (Å²) in [5.74, 6) is -0.179. The molecule has 0 saturated carbocycles. The van der Waals surface area contributed by atoms with Crippen LogP contribution in [0.1, 0.15) is 46.5 Å². The van der Waals surface area contributed by atoms with Gasteiger partial charge in [-0.1, -0.05) is 30.3 Å². The van der Waals surface area contributed by atoms with Gasteiger partial charge < -0.3 is 14.4 Å². The Bertz CT molecular complexity index is 649. The lowest BCUT2D eigenvalue weighted by atomic mass is 10.1. The monoisotopic (exact) mass is 286 g/mol. The van der Waals surface area contributed by atoms with E-state index in [0.29, 0.717) is 18.8 Å². The standard InChI is InChI=1S/C16H18N2O3/c1-11-14(16(19)20)18-9-5-8-13(15(18)17-11)21-10-12-6-3-2-4-7-12/h2-4,6-7,13H,5,8-10H2,1H3,(H,19,20). The van der Waals surface area contributed by atoms with Crippen molar-refractivity contribution in [2.45, 2.75) is 39.0 Å². The molecule has 3 rings (SSSR count). The Balaban J connectivity index is 1.81. The van der Waals surface area contributed by atoms with Crippen LogP contribution in [0.4, 0.5) is 0 Å². The number of rotatable bonds is 4. The number of imidazole rings is 1. The van der Waals surface area contributed by atoms with Crippen molar-refractivity contribution in [3.8, 4) is 0 Å². The van der Waals surface area contributed by atoms with Gasteiger partial charge >= 0.3 is 5.97 Å². The lowest BCUT2D eigenvalue weighted by Crippen LogP contribution is -2.21. The molecule has 0 saturated heterocycles. The predicted octanol–water partition coefficient (Wildman–Crippen LogP) is 2.94. The van der Waals surface area contributed by atoms with Gasteiger partial charge in [-0.15, -0.1) is 0 Å². The molecule has 1 atom stereocenters. The average Bonchev–Trinajstić information content (AvgIpc) is 2.82. The van der Waals surface area contributed by atoms with Crippen LogP contribution in [-0.2, 0) is 17.9 Å². The van der Waals surface area contributed by atoms with Gasteiger partial charge in [-0.3, -0.25) is 0 Å². The highest BCUT2D eigenvalue weighted by Crippen LogP contribution is 2.30. The molecule has 1 aromatic heterocycles. The van der Waals surface area contributed by atoms with E-state index in [9.17, 15) is 9.90 Å². The number of carboxylic acid groups (broad SMARTS) is 1. The summed E-state index contributed by atoms with van der Waals surface area (Å²) in [6.07, 6.45) is 1.65. The topological polar surface area (TPSA) is 64.4 Å². The summed E-state index contributed by atoms with van der Waals surface area (Å²) in [6, 6.07) is 9.96. The third-order valence-electron chi connectivity index (χ3n) is 3.80. The smallest absolute Gasteiger partial charge is 0.354 e. The maximum atomic E-state index is 11.3. The molecular formula is C16H18N2O3. The fourth-order valence-corrected chi connectivity index (χ4v) is 2.83. The van der Waals surface area contributed by atoms with E-state index in [0.717, 1.165) is 24.2 Å². The van der Waals surface area contributed by atoms with Crippen molar-refractivity contribution in [2.75, 3.05) is 0 Å². The number of carbonyl (C=O) groups is 1. The molecule has 2 aromatic rings. The van der Waals surface area contributed by atoms with Gasteiger partial charge in [-0.2, -0.15) is 0 Å². The van der Waals surface area contributed by atoms with Gasteiger partial charge in [-0.05, 0) is 25.3 Å². The highest BCUT2D eigenvalue weighted by atomic mass is 16.5. The van der Waals surface area contributed by atoms with E-state index in [2.05, 4.69) is 4.98 Å². The Morgan fingerprint density at radius 2 is 2.19 bits per heavy atom. The Labute approximate surface area is 123 Å². The van der Waals surface area contributed by atoms with Crippen LogP contribution < -0.4 is 0 Å². The summed E-state index contributed by atoms with van der Waals surface area (Å²) in [5, 5.41) is 9.30. The second kappa shape index (κ2) is 5.69. The van der Waals surface area contributed by atoms with Crippen LogP contribution in [0.5, 0.6) is 0 Å². The van der Waals surface area contributed by atoms with E-state index in [1.165, 1.54) is 0 Å². The Hall–Kier alpha value is -2.14. The van der Waals surface area contributed by atoms with Gasteiger partial charge in [0.15, 0.2) is 0 Å². The molecule has 0 radical (unpaired) electrons. The number of carboxylic acids is 1. The average molecular weight is 286 g/mol. The highest BCUT2D eigenvalue weighted by molar-refractivity contribution is 5.87. The van der Waals surface area contributed by atoms with E-state index in [-0.39, 0.29) is 11.8 Å². The van der Waals surface area contributed by atoms with Crippen LogP contribution in [0, 0.1) is 6.92 Å². The van der Waals surface area contributed by atoms with E-state index in [1.54, 1.807) is 11.5 Å². The molecule has 1 N–H and O–H groups in total. The normalized spacial score (nSPS) is 17.5. The summed E-state index contributed by atoms with van der Waals surface area (Å²) in [6.45, 7) is 2.95. The Kier molecular flexibility index (Phi) is 3.75. The largest absolute Gasteiger partial charge is 0.477 e. The zero-order valence-corrected chi connectivity index (χ0v) is 12.0. The highest BCUT2D eigenvalue weighted by Gasteiger charge is 2.28. The number of hydrogen-bond acceptors (Lipinski definition) is 3. The molecule has 0 fully saturated rings. The third kappa shape index (κ3) is 2.69. The zero-order chi connectivity index (χ0) is 14.8. The van der Waals surface area contributed by atoms with Gasteiger partial charge in [0.25, 0.3) is 0 Å². The van der Waals surface area contributed by atoms with E-state index >= 15 is 0 Å². The molecular weight excluding hydrogens is 268 g/mol. The first-order chi connectivity index (χ1) is 10.2. The molecule has 110 valence electrons. The molecule has 2 heterocycles. The van der Waals surface area contributed by atoms with Crippen LogP contribution in [-0.4, -0.2) is 20.6 Å². The number of hydrogen-bond donors (Lipinski definition) is 1. The van der Waals surface area contributed by atoms with Crippen molar-refractivity contribution in [3.05, 3.63) is 53.1 Å². The van der Waals surface area contributed by atoms with Crippen molar-refractivity contribution < 1.29 is 14.6 Å². The summed E-state index contributed by atoms with van der Waals surface area (Å²) < 4.78 is 7.76. The van der Waals surface area contributed by atoms with Gasteiger partial charge in [0.2, 0.25) is 0 Å². The summed E-state index contributed by atoms with van der Waals surface area (Å²) in [4.78, 5) is 15.8. The maximum absolute atomic E-state index is 11.3. The third-order valence-corrected chi connectivity index (χ3v) is 3.80. The molecule has 1 aliphatic rings. The quantitative estimate of drug-likeness (QED) is 0.938. The van der Waals surface area contributed by atoms with Crippen molar-refractivity contribution in [1.29, 1.82) is 0 Å². The molecule has 21 heavy (non-hydrogen) atoms. The second-order valence-corrected chi connectivity index (χ2v) is 5.29. The maximum Gasteiger partial charge on any atom is 0.354 e. The SMILES string of the molecule is Cc1nc2n(c1C(=O)O)CCCC2OCc1ccccc1. The number of aromatic carboxylic acids is 1. The number of aryl methyl sites for hydroxylation is 1. The van der Waals surface area contributed by atoms with Crippen molar-refractivity contribution in [3.63, 3.8) is 0 Å². The number of fused-ring (bicyclic) bond motifs is 1. The van der Waals surface area contributed by atoms with Crippen molar-refractivity contribution >= 4 is 5.97 Å². The molecule has 0 bridgehead atoms. The molecule has 1 aromatic carbocycles. The van der Waals surface area contributed by atoms with Crippen molar-refractivity contribution in [2.24, 2.45) is 0 Å². The minimum absolute atomic E-state index is 0.134. The molecule has 1 aliphatic heterocycles. The Morgan fingerprint density at radius 1 is 1.43 bits per heavy atom. The van der Waals surface area contributed by atoms with E-state index < -0.39 is 5.97 Å². The lowest BCUT2D eigenvalue weighted by molar-refractivity contribution is 0.0156. The summed E-state index contributed by atoms with van der Waals surface area (Å²) >= 11 is 0. The molecule has 5 nitrogen and oxygen atoms in total. The molecule has 0 aliphatic carbocycles.